The van der Waals surface area contributed by atoms with E-state index in [4.69, 9.17) is 4.74 Å². The molecule has 1 amide bonds. The molecule has 3 fully saturated rings. The number of hydrogen-bond acceptors (Lipinski definition) is 3. The number of amides is 1. The van der Waals surface area contributed by atoms with Gasteiger partial charge in [-0.25, -0.2) is 0 Å². The fourth-order valence-corrected chi connectivity index (χ4v) is 2.91. The fourth-order valence-electron chi connectivity index (χ4n) is 2.91. The molecule has 3 saturated heterocycles. The Hall–Kier alpha value is -0.610. The first-order chi connectivity index (χ1) is 7.33. The van der Waals surface area contributed by atoms with E-state index in [2.05, 4.69) is 5.32 Å². The first kappa shape index (κ1) is 9.60. The second-order valence-corrected chi connectivity index (χ2v) is 4.85. The molecule has 0 aromatic carbocycles. The minimum absolute atomic E-state index is 0.0856. The molecular weight excluding hydrogens is 192 g/mol. The molecule has 3 aliphatic rings. The van der Waals surface area contributed by atoms with Crippen LogP contribution >= 0.6 is 0 Å². The number of morpholine rings is 1. The van der Waals surface area contributed by atoms with E-state index in [0.717, 1.165) is 45.3 Å². The molecule has 15 heavy (non-hydrogen) atoms. The van der Waals surface area contributed by atoms with Crippen molar-refractivity contribution in [2.24, 2.45) is 0 Å². The molecule has 0 aromatic heterocycles. The number of hydrogen-bond donors (Lipinski definition) is 1. The topological polar surface area (TPSA) is 41.6 Å². The van der Waals surface area contributed by atoms with E-state index in [-0.39, 0.29) is 6.04 Å². The van der Waals surface area contributed by atoms with E-state index in [1.165, 1.54) is 0 Å². The summed E-state index contributed by atoms with van der Waals surface area (Å²) < 4.78 is 5.73. The molecule has 4 nitrogen and oxygen atoms in total. The third-order valence-electron chi connectivity index (χ3n) is 3.71. The van der Waals surface area contributed by atoms with Crippen molar-refractivity contribution in [3.05, 3.63) is 0 Å². The van der Waals surface area contributed by atoms with Crippen LogP contribution in [-0.4, -0.2) is 48.7 Å². The number of carbonyl (C=O) groups excluding carboxylic acids is 1. The monoisotopic (exact) mass is 210 g/mol. The normalized spacial score (nSPS) is 39.7. The zero-order chi connectivity index (χ0) is 10.3. The molecule has 3 atom stereocenters. The second kappa shape index (κ2) is 3.76. The summed E-state index contributed by atoms with van der Waals surface area (Å²) in [4.78, 5) is 14.1. The van der Waals surface area contributed by atoms with Gasteiger partial charge in [-0.3, -0.25) is 4.79 Å². The molecular formula is C11H18N2O2. The summed E-state index contributed by atoms with van der Waals surface area (Å²) in [6.45, 7) is 2.62. The van der Waals surface area contributed by atoms with Crippen molar-refractivity contribution in [1.29, 1.82) is 0 Å². The molecule has 0 saturated carbocycles. The average molecular weight is 210 g/mol. The minimum Gasteiger partial charge on any atom is -0.371 e. The Kier molecular flexibility index (Phi) is 2.41. The predicted molar refractivity (Wildman–Crippen MR) is 55.5 cm³/mol. The first-order valence-corrected chi connectivity index (χ1v) is 6.00. The SMILES string of the molecule is O=C([C@H]1CCCN1)N1CC2CCC(C1)O2. The number of rotatable bonds is 1. The maximum atomic E-state index is 12.1. The van der Waals surface area contributed by atoms with Gasteiger partial charge in [0.25, 0.3) is 0 Å². The van der Waals surface area contributed by atoms with Crippen LogP contribution in [0.2, 0.25) is 0 Å². The molecule has 0 spiro atoms. The van der Waals surface area contributed by atoms with Gasteiger partial charge in [0.2, 0.25) is 5.91 Å². The number of ether oxygens (including phenoxy) is 1. The van der Waals surface area contributed by atoms with Crippen LogP contribution in [0.15, 0.2) is 0 Å². The number of likely N-dealkylation sites (tertiary alicyclic amines) is 1. The van der Waals surface area contributed by atoms with Gasteiger partial charge in [0.1, 0.15) is 0 Å². The fraction of sp³-hybridized carbons (Fsp3) is 0.909. The van der Waals surface area contributed by atoms with Gasteiger partial charge < -0.3 is 15.0 Å². The standard InChI is InChI=1S/C11H18N2O2/c14-11(10-2-1-5-12-10)13-6-8-3-4-9(7-13)15-8/h8-10,12H,1-7H2/t8?,9?,10-/m1/s1. The van der Waals surface area contributed by atoms with Crippen LogP contribution in [0, 0.1) is 0 Å². The Balaban J connectivity index is 1.64. The van der Waals surface area contributed by atoms with Crippen molar-refractivity contribution in [2.45, 2.75) is 43.9 Å². The van der Waals surface area contributed by atoms with E-state index < -0.39 is 0 Å². The zero-order valence-electron chi connectivity index (χ0n) is 8.95. The molecule has 3 heterocycles. The largest absolute Gasteiger partial charge is 0.371 e. The number of nitrogens with one attached hydrogen (secondary N) is 1. The minimum atomic E-state index is 0.0856. The molecule has 4 heteroatoms. The molecule has 0 aromatic rings. The predicted octanol–water partition coefficient (Wildman–Crippen LogP) is 0.128. The number of fused-ring (bicyclic) bond motifs is 2. The van der Waals surface area contributed by atoms with Crippen LogP contribution in [0.4, 0.5) is 0 Å². The second-order valence-electron chi connectivity index (χ2n) is 4.85. The van der Waals surface area contributed by atoms with Crippen LogP contribution < -0.4 is 5.32 Å². The third-order valence-corrected chi connectivity index (χ3v) is 3.71. The summed E-state index contributed by atoms with van der Waals surface area (Å²) in [6.07, 6.45) is 5.03. The lowest BCUT2D eigenvalue weighted by Crippen LogP contribution is -2.51. The Morgan fingerprint density at radius 2 is 1.93 bits per heavy atom. The first-order valence-electron chi connectivity index (χ1n) is 6.00. The van der Waals surface area contributed by atoms with Crippen molar-refractivity contribution in [1.82, 2.24) is 10.2 Å². The van der Waals surface area contributed by atoms with Gasteiger partial charge in [-0.05, 0) is 32.2 Å². The lowest BCUT2D eigenvalue weighted by Gasteiger charge is -2.33. The molecule has 0 radical (unpaired) electrons. The summed E-state index contributed by atoms with van der Waals surface area (Å²) in [6, 6.07) is 0.0856. The van der Waals surface area contributed by atoms with E-state index in [1.54, 1.807) is 0 Å². The van der Waals surface area contributed by atoms with Crippen LogP contribution in [0.1, 0.15) is 25.7 Å². The van der Waals surface area contributed by atoms with Crippen LogP contribution in [0.5, 0.6) is 0 Å². The van der Waals surface area contributed by atoms with Crippen molar-refractivity contribution in [3.8, 4) is 0 Å². The van der Waals surface area contributed by atoms with Crippen molar-refractivity contribution >= 4 is 5.91 Å². The van der Waals surface area contributed by atoms with Crippen LogP contribution in [0.3, 0.4) is 0 Å². The Morgan fingerprint density at radius 3 is 2.53 bits per heavy atom. The van der Waals surface area contributed by atoms with Crippen LogP contribution in [0.25, 0.3) is 0 Å². The molecule has 2 unspecified atom stereocenters. The smallest absolute Gasteiger partial charge is 0.239 e. The molecule has 2 bridgehead atoms. The molecule has 3 aliphatic heterocycles. The lowest BCUT2D eigenvalue weighted by molar-refractivity contribution is -0.141. The molecule has 0 aliphatic carbocycles. The number of nitrogens with zero attached hydrogens (tertiary/aromatic N) is 1. The highest BCUT2D eigenvalue weighted by molar-refractivity contribution is 5.82. The maximum Gasteiger partial charge on any atom is 0.239 e. The lowest BCUT2D eigenvalue weighted by atomic mass is 10.2. The van der Waals surface area contributed by atoms with Crippen LogP contribution in [-0.2, 0) is 9.53 Å². The van der Waals surface area contributed by atoms with Gasteiger partial charge in [0.05, 0.1) is 18.2 Å². The maximum absolute atomic E-state index is 12.1. The highest BCUT2D eigenvalue weighted by Gasteiger charge is 2.38. The van der Waals surface area contributed by atoms with E-state index in [0.29, 0.717) is 18.1 Å². The molecule has 1 N–H and O–H groups in total. The Bertz CT molecular complexity index is 251. The van der Waals surface area contributed by atoms with Crippen molar-refractivity contribution in [3.63, 3.8) is 0 Å². The molecule has 3 rings (SSSR count). The highest BCUT2D eigenvalue weighted by Crippen LogP contribution is 2.27. The number of carbonyl (C=O) groups is 1. The zero-order valence-corrected chi connectivity index (χ0v) is 8.95. The van der Waals surface area contributed by atoms with Crippen molar-refractivity contribution in [2.75, 3.05) is 19.6 Å². The summed E-state index contributed by atoms with van der Waals surface area (Å²) in [5.74, 6) is 0.299. The van der Waals surface area contributed by atoms with E-state index >= 15 is 0 Å². The van der Waals surface area contributed by atoms with E-state index in [1.807, 2.05) is 4.90 Å². The van der Waals surface area contributed by atoms with Gasteiger partial charge in [0.15, 0.2) is 0 Å². The van der Waals surface area contributed by atoms with E-state index in [9.17, 15) is 4.79 Å². The Labute approximate surface area is 90.0 Å². The summed E-state index contributed by atoms with van der Waals surface area (Å²) in [7, 11) is 0. The van der Waals surface area contributed by atoms with Crippen molar-refractivity contribution < 1.29 is 9.53 Å². The quantitative estimate of drug-likeness (QED) is 0.669. The Morgan fingerprint density at radius 1 is 1.20 bits per heavy atom. The highest BCUT2D eigenvalue weighted by atomic mass is 16.5. The van der Waals surface area contributed by atoms with Gasteiger partial charge >= 0.3 is 0 Å². The van der Waals surface area contributed by atoms with Gasteiger partial charge in [-0.2, -0.15) is 0 Å². The summed E-state index contributed by atoms with van der Waals surface area (Å²) in [5.41, 5.74) is 0. The van der Waals surface area contributed by atoms with Gasteiger partial charge in [-0.15, -0.1) is 0 Å². The van der Waals surface area contributed by atoms with Gasteiger partial charge in [0, 0.05) is 13.1 Å². The summed E-state index contributed by atoms with van der Waals surface area (Å²) >= 11 is 0. The van der Waals surface area contributed by atoms with Gasteiger partial charge in [-0.1, -0.05) is 0 Å². The average Bonchev–Trinajstić information content (AvgIpc) is 2.87. The summed E-state index contributed by atoms with van der Waals surface area (Å²) in [5, 5.41) is 3.27. The molecule has 84 valence electrons. The third kappa shape index (κ3) is 1.76.